The molecule has 18 heavy (non-hydrogen) atoms. The van der Waals surface area contributed by atoms with E-state index < -0.39 is 22.0 Å². The summed E-state index contributed by atoms with van der Waals surface area (Å²) >= 11 is 0. The molecule has 1 aliphatic heterocycles. The largest absolute Gasteiger partial charge is 0.468 e. The number of nitrogens with zero attached hydrogens (tertiary/aromatic N) is 1. The van der Waals surface area contributed by atoms with Gasteiger partial charge in [0.25, 0.3) is 0 Å². The highest BCUT2D eigenvalue weighted by atomic mass is 32.2. The number of carbonyl (C=O) groups is 1. The predicted octanol–water partition coefficient (Wildman–Crippen LogP) is 1.14. The summed E-state index contributed by atoms with van der Waals surface area (Å²) < 4.78 is 30.6. The molecule has 0 spiro atoms. The van der Waals surface area contributed by atoms with Gasteiger partial charge in [-0.25, -0.2) is 8.42 Å². The first-order chi connectivity index (χ1) is 8.51. The summed E-state index contributed by atoms with van der Waals surface area (Å²) in [5.74, 6) is -0.0467. The Bertz CT molecular complexity index is 420. The van der Waals surface area contributed by atoms with Crippen LogP contribution >= 0.6 is 0 Å². The molecule has 1 heterocycles. The second-order valence-electron chi connectivity index (χ2n) is 5.12. The predicted molar refractivity (Wildman–Crippen MR) is 67.5 cm³/mol. The molecule has 104 valence electrons. The average molecular weight is 275 g/mol. The topological polar surface area (TPSA) is 63.7 Å². The smallest absolute Gasteiger partial charge is 0.324 e. The van der Waals surface area contributed by atoms with Crippen LogP contribution in [0, 0.1) is 5.92 Å². The van der Waals surface area contributed by atoms with Crippen LogP contribution in [0.2, 0.25) is 0 Å². The lowest BCUT2D eigenvalue weighted by Gasteiger charge is -2.32. The molecule has 0 amide bonds. The fraction of sp³-hybridized carbons (Fsp3) is 0.917. The minimum absolute atomic E-state index is 0.00722. The van der Waals surface area contributed by atoms with Crippen LogP contribution in [0.1, 0.15) is 39.0 Å². The third-order valence-corrected chi connectivity index (χ3v) is 6.09. The normalized spacial score (nSPS) is 33.1. The molecule has 5 nitrogen and oxygen atoms in total. The van der Waals surface area contributed by atoms with E-state index in [0.29, 0.717) is 12.3 Å². The third kappa shape index (κ3) is 2.28. The van der Waals surface area contributed by atoms with E-state index in [1.807, 2.05) is 0 Å². The van der Waals surface area contributed by atoms with E-state index in [4.69, 9.17) is 4.74 Å². The van der Waals surface area contributed by atoms with Gasteiger partial charge in [0.15, 0.2) is 0 Å². The van der Waals surface area contributed by atoms with Gasteiger partial charge in [0, 0.05) is 6.04 Å². The summed E-state index contributed by atoms with van der Waals surface area (Å²) in [6.45, 7) is 1.62. The van der Waals surface area contributed by atoms with Crippen molar-refractivity contribution in [1.82, 2.24) is 4.31 Å². The lowest BCUT2D eigenvalue weighted by atomic mass is 9.85. The Balaban J connectivity index is 2.32. The van der Waals surface area contributed by atoms with Gasteiger partial charge in [0.1, 0.15) is 6.04 Å². The Morgan fingerprint density at radius 2 is 2.00 bits per heavy atom. The quantitative estimate of drug-likeness (QED) is 0.725. The molecule has 6 heteroatoms. The summed E-state index contributed by atoms with van der Waals surface area (Å²) in [6, 6.07) is -0.596. The van der Waals surface area contributed by atoms with Crippen LogP contribution < -0.4 is 0 Å². The first kappa shape index (κ1) is 13.8. The average Bonchev–Trinajstić information content (AvgIpc) is 2.77. The molecule has 0 aromatic rings. The number of hydrogen-bond donors (Lipinski definition) is 0. The zero-order valence-corrected chi connectivity index (χ0v) is 11.8. The van der Waals surface area contributed by atoms with E-state index in [1.54, 1.807) is 6.92 Å². The Morgan fingerprint density at radius 3 is 2.61 bits per heavy atom. The van der Waals surface area contributed by atoms with Crippen LogP contribution in [0.5, 0.6) is 0 Å². The van der Waals surface area contributed by atoms with Crippen LogP contribution in [0.3, 0.4) is 0 Å². The second kappa shape index (κ2) is 5.17. The Morgan fingerprint density at radius 1 is 1.33 bits per heavy atom. The monoisotopic (exact) mass is 275 g/mol. The molecule has 2 aliphatic rings. The van der Waals surface area contributed by atoms with E-state index in [2.05, 4.69) is 0 Å². The number of carbonyl (C=O) groups excluding carboxylic acids is 1. The summed E-state index contributed by atoms with van der Waals surface area (Å²) in [4.78, 5) is 11.8. The minimum Gasteiger partial charge on any atom is -0.468 e. The molecule has 1 saturated carbocycles. The zero-order valence-electron chi connectivity index (χ0n) is 11.0. The molecule has 2 fully saturated rings. The van der Waals surface area contributed by atoms with Crippen LogP contribution in [-0.2, 0) is 19.6 Å². The highest BCUT2D eigenvalue weighted by Gasteiger charge is 2.50. The molecule has 0 aromatic heterocycles. The van der Waals surface area contributed by atoms with Gasteiger partial charge < -0.3 is 4.74 Å². The van der Waals surface area contributed by atoms with Crippen molar-refractivity contribution in [1.29, 1.82) is 0 Å². The van der Waals surface area contributed by atoms with Gasteiger partial charge in [0.2, 0.25) is 10.0 Å². The lowest BCUT2D eigenvalue weighted by Crippen LogP contribution is -2.47. The molecule has 1 saturated heterocycles. The maximum atomic E-state index is 12.2. The molecule has 2 rings (SSSR count). The van der Waals surface area contributed by atoms with Gasteiger partial charge in [-0.1, -0.05) is 12.8 Å². The van der Waals surface area contributed by atoms with Crippen molar-refractivity contribution in [2.45, 2.75) is 51.1 Å². The van der Waals surface area contributed by atoms with E-state index in [-0.39, 0.29) is 11.8 Å². The zero-order chi connectivity index (χ0) is 13.3. The Hall–Kier alpha value is -0.620. The standard InChI is InChI=1S/C12H21NO4S/c1-3-18(15,16)13-10-7-5-4-6-9(10)8-11(13)12(14)17-2/h9-11H,3-8H2,1-2H3/t9-,10+,11+/m1/s1. The summed E-state index contributed by atoms with van der Waals surface area (Å²) in [5.41, 5.74) is 0. The Labute approximate surface area is 109 Å². The van der Waals surface area contributed by atoms with Crippen molar-refractivity contribution in [2.24, 2.45) is 5.92 Å². The first-order valence-electron chi connectivity index (χ1n) is 6.60. The van der Waals surface area contributed by atoms with Gasteiger partial charge in [0.05, 0.1) is 12.9 Å². The molecule has 1 aliphatic carbocycles. The van der Waals surface area contributed by atoms with Crippen LogP contribution in [0.15, 0.2) is 0 Å². The number of hydrogen-bond acceptors (Lipinski definition) is 4. The van der Waals surface area contributed by atoms with Crippen LogP contribution in [-0.4, -0.2) is 43.6 Å². The second-order valence-corrected chi connectivity index (χ2v) is 7.28. The van der Waals surface area contributed by atoms with E-state index >= 15 is 0 Å². The van der Waals surface area contributed by atoms with Crippen molar-refractivity contribution in [2.75, 3.05) is 12.9 Å². The van der Waals surface area contributed by atoms with Gasteiger partial charge in [-0.3, -0.25) is 4.79 Å². The molecule has 0 unspecified atom stereocenters. The number of rotatable bonds is 3. The number of esters is 1. The van der Waals surface area contributed by atoms with E-state index in [0.717, 1.165) is 25.7 Å². The number of fused-ring (bicyclic) bond motifs is 1. The van der Waals surface area contributed by atoms with Crippen molar-refractivity contribution in [3.05, 3.63) is 0 Å². The first-order valence-corrected chi connectivity index (χ1v) is 8.21. The van der Waals surface area contributed by atoms with Gasteiger partial charge in [-0.2, -0.15) is 4.31 Å². The molecule has 0 aromatic carbocycles. The fourth-order valence-electron chi connectivity index (χ4n) is 3.31. The van der Waals surface area contributed by atoms with Gasteiger partial charge >= 0.3 is 5.97 Å². The maximum absolute atomic E-state index is 12.2. The van der Waals surface area contributed by atoms with E-state index in [1.165, 1.54) is 11.4 Å². The van der Waals surface area contributed by atoms with Crippen molar-refractivity contribution < 1.29 is 17.9 Å². The van der Waals surface area contributed by atoms with E-state index in [9.17, 15) is 13.2 Å². The molecule has 0 N–H and O–H groups in total. The SMILES string of the molecule is CCS(=O)(=O)N1[C@H](C(=O)OC)C[C@H]2CCCC[C@@H]21. The third-order valence-electron chi connectivity index (χ3n) is 4.19. The minimum atomic E-state index is -3.34. The van der Waals surface area contributed by atoms with Gasteiger partial charge in [-0.15, -0.1) is 0 Å². The van der Waals surface area contributed by atoms with Crippen molar-refractivity contribution >= 4 is 16.0 Å². The molecule has 0 bridgehead atoms. The molecular formula is C12H21NO4S. The summed E-state index contributed by atoms with van der Waals surface area (Å²) in [7, 11) is -2.02. The number of methoxy groups -OCH3 is 1. The van der Waals surface area contributed by atoms with Crippen molar-refractivity contribution in [3.63, 3.8) is 0 Å². The van der Waals surface area contributed by atoms with Gasteiger partial charge in [-0.05, 0) is 32.1 Å². The Kier molecular flexibility index (Phi) is 3.96. The maximum Gasteiger partial charge on any atom is 0.324 e. The molecular weight excluding hydrogens is 254 g/mol. The van der Waals surface area contributed by atoms with Crippen LogP contribution in [0.4, 0.5) is 0 Å². The van der Waals surface area contributed by atoms with Crippen molar-refractivity contribution in [3.8, 4) is 0 Å². The molecule has 3 atom stereocenters. The fourth-order valence-corrected chi connectivity index (χ4v) is 4.85. The highest BCUT2D eigenvalue weighted by molar-refractivity contribution is 7.89. The molecule has 0 radical (unpaired) electrons. The highest BCUT2D eigenvalue weighted by Crippen LogP contribution is 2.41. The summed E-state index contributed by atoms with van der Waals surface area (Å²) in [5, 5.41) is 0. The number of ether oxygens (including phenoxy) is 1. The van der Waals surface area contributed by atoms with Crippen LogP contribution in [0.25, 0.3) is 0 Å². The number of sulfonamides is 1. The summed E-state index contributed by atoms with van der Waals surface area (Å²) in [6.07, 6.45) is 4.70. The lowest BCUT2D eigenvalue weighted by molar-refractivity contribution is -0.144.